The van der Waals surface area contributed by atoms with E-state index in [4.69, 9.17) is 20.5 Å². The van der Waals surface area contributed by atoms with E-state index >= 15 is 0 Å². The highest BCUT2D eigenvalue weighted by Crippen LogP contribution is 2.29. The first kappa shape index (κ1) is 12.9. The van der Waals surface area contributed by atoms with E-state index in [0.29, 0.717) is 29.4 Å². The van der Waals surface area contributed by atoms with Crippen LogP contribution in [-0.4, -0.2) is 7.11 Å². The van der Waals surface area contributed by atoms with Crippen molar-refractivity contribution >= 4 is 0 Å². The van der Waals surface area contributed by atoms with Gasteiger partial charge in [-0.05, 0) is 29.8 Å². The Balaban J connectivity index is 2.28. The van der Waals surface area contributed by atoms with Crippen molar-refractivity contribution in [3.8, 4) is 23.3 Å². The van der Waals surface area contributed by atoms with Crippen molar-refractivity contribution in [1.29, 1.82) is 5.26 Å². The fourth-order valence-electron chi connectivity index (χ4n) is 1.63. The average Bonchev–Trinajstić information content (AvgIpc) is 2.48. The molecule has 0 aromatic heterocycles. The second-order valence-electron chi connectivity index (χ2n) is 3.92. The molecule has 96 valence electrons. The second kappa shape index (κ2) is 5.89. The lowest BCUT2D eigenvalue weighted by Gasteiger charge is -2.09. The summed E-state index contributed by atoms with van der Waals surface area (Å²) in [5, 5.41) is 9.05. The topological polar surface area (TPSA) is 68.3 Å². The summed E-state index contributed by atoms with van der Waals surface area (Å²) in [6.07, 6.45) is 0. The molecule has 0 fully saturated rings. The summed E-state index contributed by atoms with van der Waals surface area (Å²) < 4.78 is 10.8. The van der Waals surface area contributed by atoms with Crippen LogP contribution in [-0.2, 0) is 6.54 Å². The van der Waals surface area contributed by atoms with E-state index in [9.17, 15) is 0 Å². The Kier molecular flexibility index (Phi) is 4.01. The minimum Gasteiger partial charge on any atom is -0.497 e. The maximum absolute atomic E-state index is 9.05. The summed E-state index contributed by atoms with van der Waals surface area (Å²) in [5.41, 5.74) is 7.02. The van der Waals surface area contributed by atoms with Gasteiger partial charge in [0.2, 0.25) is 0 Å². The molecule has 2 aromatic rings. The van der Waals surface area contributed by atoms with Crippen molar-refractivity contribution in [3.05, 3.63) is 53.6 Å². The van der Waals surface area contributed by atoms with Crippen LogP contribution >= 0.6 is 0 Å². The summed E-state index contributed by atoms with van der Waals surface area (Å²) in [5.74, 6) is 1.77. The summed E-state index contributed by atoms with van der Waals surface area (Å²) in [6, 6.07) is 14.6. The molecule has 0 heterocycles. The van der Waals surface area contributed by atoms with Crippen molar-refractivity contribution in [2.24, 2.45) is 5.73 Å². The SMILES string of the molecule is COc1ccc(C#N)c(Oc2ccc(CN)cc2)c1. The van der Waals surface area contributed by atoms with Gasteiger partial charge in [-0.2, -0.15) is 5.26 Å². The number of benzene rings is 2. The highest BCUT2D eigenvalue weighted by Gasteiger charge is 2.06. The van der Waals surface area contributed by atoms with Crippen LogP contribution in [0.4, 0.5) is 0 Å². The van der Waals surface area contributed by atoms with Gasteiger partial charge in [0, 0.05) is 12.6 Å². The van der Waals surface area contributed by atoms with Crippen LogP contribution in [0.2, 0.25) is 0 Å². The molecule has 0 aliphatic carbocycles. The number of ether oxygens (including phenoxy) is 2. The molecule has 2 N–H and O–H groups in total. The third-order valence-electron chi connectivity index (χ3n) is 2.70. The zero-order chi connectivity index (χ0) is 13.7. The van der Waals surface area contributed by atoms with Gasteiger partial charge in [-0.25, -0.2) is 0 Å². The van der Waals surface area contributed by atoms with Gasteiger partial charge < -0.3 is 15.2 Å². The van der Waals surface area contributed by atoms with Gasteiger partial charge in [-0.3, -0.25) is 0 Å². The number of hydrogen-bond acceptors (Lipinski definition) is 4. The van der Waals surface area contributed by atoms with Crippen LogP contribution in [0.25, 0.3) is 0 Å². The smallest absolute Gasteiger partial charge is 0.148 e. The molecule has 0 unspecified atom stereocenters. The molecule has 0 aliphatic rings. The first-order chi connectivity index (χ1) is 9.26. The Morgan fingerprint density at radius 3 is 2.37 bits per heavy atom. The van der Waals surface area contributed by atoms with Crippen LogP contribution in [0.15, 0.2) is 42.5 Å². The standard InChI is InChI=1S/C15H14N2O2/c1-18-14-7-4-12(10-17)15(8-14)19-13-5-2-11(9-16)3-6-13/h2-8H,9,16H2,1H3. The highest BCUT2D eigenvalue weighted by atomic mass is 16.5. The van der Waals surface area contributed by atoms with Crippen LogP contribution in [0.1, 0.15) is 11.1 Å². The molecular weight excluding hydrogens is 240 g/mol. The van der Waals surface area contributed by atoms with Crippen LogP contribution in [0.3, 0.4) is 0 Å². The molecule has 19 heavy (non-hydrogen) atoms. The number of hydrogen-bond donors (Lipinski definition) is 1. The predicted octanol–water partition coefficient (Wildman–Crippen LogP) is 2.82. The Morgan fingerprint density at radius 1 is 1.11 bits per heavy atom. The minimum atomic E-state index is 0.462. The molecule has 0 atom stereocenters. The Morgan fingerprint density at radius 2 is 1.79 bits per heavy atom. The second-order valence-corrected chi connectivity index (χ2v) is 3.92. The van der Waals surface area contributed by atoms with Crippen LogP contribution < -0.4 is 15.2 Å². The molecule has 2 aromatic carbocycles. The van der Waals surface area contributed by atoms with Gasteiger partial charge in [0.1, 0.15) is 23.3 Å². The van der Waals surface area contributed by atoms with Crippen molar-refractivity contribution in [3.63, 3.8) is 0 Å². The molecular formula is C15H14N2O2. The van der Waals surface area contributed by atoms with E-state index in [1.54, 1.807) is 25.3 Å². The molecule has 0 radical (unpaired) electrons. The molecule has 2 rings (SSSR count). The van der Waals surface area contributed by atoms with Gasteiger partial charge in [-0.15, -0.1) is 0 Å². The van der Waals surface area contributed by atoms with Gasteiger partial charge in [0.25, 0.3) is 0 Å². The summed E-state index contributed by atoms with van der Waals surface area (Å²) in [7, 11) is 1.57. The van der Waals surface area contributed by atoms with E-state index in [1.165, 1.54) is 0 Å². The van der Waals surface area contributed by atoms with E-state index < -0.39 is 0 Å². The molecule has 4 nitrogen and oxygen atoms in total. The van der Waals surface area contributed by atoms with E-state index in [1.807, 2.05) is 24.3 Å². The number of nitrogens with two attached hydrogens (primary N) is 1. The van der Waals surface area contributed by atoms with Gasteiger partial charge in [-0.1, -0.05) is 12.1 Å². The maximum atomic E-state index is 9.05. The van der Waals surface area contributed by atoms with Crippen molar-refractivity contribution in [1.82, 2.24) is 0 Å². The lowest BCUT2D eigenvalue weighted by molar-refractivity contribution is 0.409. The molecule has 0 aliphatic heterocycles. The Labute approximate surface area is 112 Å². The Hall–Kier alpha value is -2.51. The molecule has 0 amide bonds. The van der Waals surface area contributed by atoms with Crippen molar-refractivity contribution in [2.45, 2.75) is 6.54 Å². The fraction of sp³-hybridized carbons (Fsp3) is 0.133. The third-order valence-corrected chi connectivity index (χ3v) is 2.70. The maximum Gasteiger partial charge on any atom is 0.148 e. The summed E-state index contributed by atoms with van der Waals surface area (Å²) in [4.78, 5) is 0. The Bertz CT molecular complexity index is 601. The monoisotopic (exact) mass is 254 g/mol. The van der Waals surface area contributed by atoms with Gasteiger partial charge in [0.15, 0.2) is 0 Å². The van der Waals surface area contributed by atoms with Crippen molar-refractivity contribution in [2.75, 3.05) is 7.11 Å². The minimum absolute atomic E-state index is 0.462. The quantitative estimate of drug-likeness (QED) is 0.910. The third kappa shape index (κ3) is 3.03. The lowest BCUT2D eigenvalue weighted by Crippen LogP contribution is -1.95. The molecule has 0 saturated heterocycles. The fourth-order valence-corrected chi connectivity index (χ4v) is 1.63. The lowest BCUT2D eigenvalue weighted by atomic mass is 10.2. The zero-order valence-corrected chi connectivity index (χ0v) is 10.6. The van der Waals surface area contributed by atoms with E-state index in [2.05, 4.69) is 6.07 Å². The van der Waals surface area contributed by atoms with Gasteiger partial charge >= 0.3 is 0 Å². The average molecular weight is 254 g/mol. The molecule has 0 bridgehead atoms. The number of nitriles is 1. The number of rotatable bonds is 4. The highest BCUT2D eigenvalue weighted by molar-refractivity contribution is 5.49. The van der Waals surface area contributed by atoms with E-state index in [-0.39, 0.29) is 0 Å². The summed E-state index contributed by atoms with van der Waals surface area (Å²) in [6.45, 7) is 0.489. The van der Waals surface area contributed by atoms with Gasteiger partial charge in [0.05, 0.1) is 12.7 Å². The first-order valence-electron chi connectivity index (χ1n) is 5.82. The first-order valence-corrected chi connectivity index (χ1v) is 5.82. The summed E-state index contributed by atoms with van der Waals surface area (Å²) >= 11 is 0. The normalized spacial score (nSPS) is 9.74. The largest absolute Gasteiger partial charge is 0.497 e. The molecule has 4 heteroatoms. The molecule has 0 saturated carbocycles. The number of methoxy groups -OCH3 is 1. The van der Waals surface area contributed by atoms with Crippen molar-refractivity contribution < 1.29 is 9.47 Å². The van der Waals surface area contributed by atoms with Crippen LogP contribution in [0.5, 0.6) is 17.2 Å². The van der Waals surface area contributed by atoms with Crippen LogP contribution in [0, 0.1) is 11.3 Å². The zero-order valence-electron chi connectivity index (χ0n) is 10.6. The van der Waals surface area contributed by atoms with E-state index in [0.717, 1.165) is 5.56 Å². The predicted molar refractivity (Wildman–Crippen MR) is 72.1 cm³/mol. The number of nitrogens with zero attached hydrogens (tertiary/aromatic N) is 1. The molecule has 0 spiro atoms.